The van der Waals surface area contributed by atoms with Gasteiger partial charge in [0.1, 0.15) is 5.54 Å². The van der Waals surface area contributed by atoms with E-state index in [9.17, 15) is 9.59 Å². The quantitative estimate of drug-likeness (QED) is 0.849. The van der Waals surface area contributed by atoms with Gasteiger partial charge in [0.2, 0.25) is 0 Å². The summed E-state index contributed by atoms with van der Waals surface area (Å²) < 4.78 is 5.58. The number of carbonyl (C=O) groups is 2. The van der Waals surface area contributed by atoms with Crippen LogP contribution >= 0.6 is 0 Å². The van der Waals surface area contributed by atoms with Crippen LogP contribution in [0.15, 0.2) is 24.3 Å². The van der Waals surface area contributed by atoms with E-state index in [0.717, 1.165) is 37.9 Å². The first-order chi connectivity index (χ1) is 10.7. The van der Waals surface area contributed by atoms with Gasteiger partial charge in [-0.2, -0.15) is 0 Å². The Morgan fingerprint density at radius 2 is 2.14 bits per heavy atom. The van der Waals surface area contributed by atoms with E-state index >= 15 is 0 Å². The number of fused-ring (bicyclic) bond motifs is 2. The van der Waals surface area contributed by atoms with Crippen molar-refractivity contribution in [3.05, 3.63) is 35.4 Å². The summed E-state index contributed by atoms with van der Waals surface area (Å²) in [5.41, 5.74) is 1.28. The average Bonchev–Trinajstić information content (AvgIpc) is 3.12. The van der Waals surface area contributed by atoms with Crippen molar-refractivity contribution in [2.24, 2.45) is 0 Å². The number of nitrogens with one attached hydrogen (secondary N) is 1. The van der Waals surface area contributed by atoms with Crippen LogP contribution in [0.4, 0.5) is 4.79 Å². The first-order valence-electron chi connectivity index (χ1n) is 8.05. The maximum atomic E-state index is 13.0. The number of aryl methyl sites for hydroxylation is 1. The van der Waals surface area contributed by atoms with Crippen molar-refractivity contribution in [2.75, 3.05) is 13.2 Å². The van der Waals surface area contributed by atoms with Crippen LogP contribution in [-0.4, -0.2) is 36.1 Å². The first kappa shape index (κ1) is 13.8. The number of urea groups is 1. The van der Waals surface area contributed by atoms with Crippen LogP contribution in [-0.2, 0) is 21.5 Å². The zero-order chi connectivity index (χ0) is 15.2. The molecule has 22 heavy (non-hydrogen) atoms. The summed E-state index contributed by atoms with van der Waals surface area (Å²) >= 11 is 0. The van der Waals surface area contributed by atoms with Gasteiger partial charge < -0.3 is 10.1 Å². The second-order valence-corrected chi connectivity index (χ2v) is 6.40. The highest BCUT2D eigenvalue weighted by Crippen LogP contribution is 2.40. The van der Waals surface area contributed by atoms with Gasteiger partial charge in [-0.15, -0.1) is 0 Å². The maximum Gasteiger partial charge on any atom is 0.325 e. The Labute approximate surface area is 129 Å². The Balaban J connectivity index is 1.66. The molecule has 1 spiro atoms. The maximum absolute atomic E-state index is 13.0. The molecule has 3 amide bonds. The smallest absolute Gasteiger partial charge is 0.325 e. The van der Waals surface area contributed by atoms with Crippen molar-refractivity contribution >= 4 is 11.9 Å². The predicted molar refractivity (Wildman–Crippen MR) is 80.3 cm³/mol. The molecular weight excluding hydrogens is 280 g/mol. The number of imide groups is 1. The first-order valence-corrected chi connectivity index (χ1v) is 8.05. The van der Waals surface area contributed by atoms with E-state index in [1.807, 2.05) is 18.2 Å². The zero-order valence-corrected chi connectivity index (χ0v) is 12.5. The van der Waals surface area contributed by atoms with Gasteiger partial charge in [0.25, 0.3) is 5.91 Å². The van der Waals surface area contributed by atoms with E-state index < -0.39 is 5.54 Å². The second kappa shape index (κ2) is 5.09. The van der Waals surface area contributed by atoms with Gasteiger partial charge in [0, 0.05) is 6.61 Å². The number of benzene rings is 1. The van der Waals surface area contributed by atoms with Crippen molar-refractivity contribution in [1.82, 2.24) is 10.2 Å². The number of rotatable bonds is 2. The van der Waals surface area contributed by atoms with Crippen LogP contribution in [0.2, 0.25) is 0 Å². The molecule has 2 atom stereocenters. The third-order valence-electron chi connectivity index (χ3n) is 5.06. The van der Waals surface area contributed by atoms with Crippen LogP contribution in [0.3, 0.4) is 0 Å². The number of hydrogen-bond acceptors (Lipinski definition) is 3. The van der Waals surface area contributed by atoms with Crippen LogP contribution in [0.25, 0.3) is 0 Å². The fourth-order valence-electron chi connectivity index (χ4n) is 3.97. The van der Waals surface area contributed by atoms with E-state index in [4.69, 9.17) is 4.74 Å². The third-order valence-corrected chi connectivity index (χ3v) is 5.06. The Hall–Kier alpha value is -1.88. The molecule has 116 valence electrons. The van der Waals surface area contributed by atoms with Crippen molar-refractivity contribution in [1.29, 1.82) is 0 Å². The summed E-state index contributed by atoms with van der Waals surface area (Å²) in [6.45, 7) is 1.09. The molecule has 3 aliphatic rings. The lowest BCUT2D eigenvalue weighted by Crippen LogP contribution is -2.47. The topological polar surface area (TPSA) is 58.6 Å². The molecule has 1 aromatic carbocycles. The van der Waals surface area contributed by atoms with E-state index in [1.165, 1.54) is 10.5 Å². The summed E-state index contributed by atoms with van der Waals surface area (Å²) in [7, 11) is 0. The lowest BCUT2D eigenvalue weighted by molar-refractivity contribution is -0.133. The molecule has 2 heterocycles. The fourth-order valence-corrected chi connectivity index (χ4v) is 3.97. The summed E-state index contributed by atoms with van der Waals surface area (Å²) in [6, 6.07) is 7.68. The Bertz CT molecular complexity index is 624. The molecule has 4 rings (SSSR count). The van der Waals surface area contributed by atoms with Crippen molar-refractivity contribution < 1.29 is 14.3 Å². The van der Waals surface area contributed by atoms with Crippen LogP contribution in [0.5, 0.6) is 0 Å². The average molecular weight is 300 g/mol. The minimum atomic E-state index is -0.857. The van der Waals surface area contributed by atoms with E-state index in [-0.39, 0.29) is 18.0 Å². The molecule has 0 radical (unpaired) electrons. The van der Waals surface area contributed by atoms with Gasteiger partial charge in [0.05, 0.1) is 12.6 Å². The monoisotopic (exact) mass is 300 g/mol. The molecule has 0 aromatic heterocycles. The second-order valence-electron chi connectivity index (χ2n) is 6.40. The molecule has 2 aliphatic heterocycles. The van der Waals surface area contributed by atoms with Crippen molar-refractivity contribution in [3.63, 3.8) is 0 Å². The summed E-state index contributed by atoms with van der Waals surface area (Å²) in [5, 5.41) is 2.98. The summed E-state index contributed by atoms with van der Waals surface area (Å²) in [5.74, 6) is -0.111. The molecule has 2 saturated heterocycles. The molecule has 5 heteroatoms. The third kappa shape index (κ3) is 1.96. The Morgan fingerprint density at radius 3 is 2.95 bits per heavy atom. The van der Waals surface area contributed by atoms with Gasteiger partial charge in [-0.25, -0.2) is 4.79 Å². The molecule has 1 N–H and O–H groups in total. The van der Waals surface area contributed by atoms with Crippen LogP contribution in [0.1, 0.15) is 36.8 Å². The normalized spacial score (nSPS) is 30.7. The highest BCUT2D eigenvalue weighted by Gasteiger charge is 2.54. The van der Waals surface area contributed by atoms with Gasteiger partial charge in [-0.3, -0.25) is 9.69 Å². The SMILES string of the molecule is O=C1N[C@@]2(CCCc3ccccc32)C(=O)N1C[C@H]1CCCO1. The molecule has 0 saturated carbocycles. The molecule has 0 bridgehead atoms. The van der Waals surface area contributed by atoms with E-state index in [1.54, 1.807) is 0 Å². The highest BCUT2D eigenvalue weighted by molar-refractivity contribution is 6.07. The predicted octanol–water partition coefficient (Wildman–Crippen LogP) is 1.95. The highest BCUT2D eigenvalue weighted by atomic mass is 16.5. The van der Waals surface area contributed by atoms with E-state index in [0.29, 0.717) is 13.0 Å². The Morgan fingerprint density at radius 1 is 1.27 bits per heavy atom. The standard InChI is InChI=1S/C17H20N2O3/c20-15-17(9-3-6-12-5-1-2-8-14(12)17)18-16(21)19(15)11-13-7-4-10-22-13/h1-2,5,8,13H,3-4,6-7,9-11H2,(H,18,21)/t13-,17-/m1/s1. The van der Waals surface area contributed by atoms with Gasteiger partial charge in [0.15, 0.2) is 0 Å². The van der Waals surface area contributed by atoms with Gasteiger partial charge in [-0.1, -0.05) is 24.3 Å². The lowest BCUT2D eigenvalue weighted by atomic mass is 9.76. The van der Waals surface area contributed by atoms with Gasteiger partial charge in [-0.05, 0) is 43.2 Å². The number of amides is 3. The van der Waals surface area contributed by atoms with Crippen LogP contribution in [0, 0.1) is 0 Å². The minimum Gasteiger partial charge on any atom is -0.376 e. The number of hydrogen-bond donors (Lipinski definition) is 1. The molecular formula is C17H20N2O3. The molecule has 1 aromatic rings. The summed E-state index contributed by atoms with van der Waals surface area (Å²) in [6.07, 6.45) is 4.46. The number of ether oxygens (including phenoxy) is 1. The zero-order valence-electron chi connectivity index (χ0n) is 12.5. The molecule has 5 nitrogen and oxygen atoms in total. The van der Waals surface area contributed by atoms with Crippen molar-refractivity contribution in [2.45, 2.75) is 43.7 Å². The molecule has 1 aliphatic carbocycles. The van der Waals surface area contributed by atoms with E-state index in [2.05, 4.69) is 11.4 Å². The molecule has 2 fully saturated rings. The number of carbonyl (C=O) groups excluding carboxylic acids is 2. The summed E-state index contributed by atoms with van der Waals surface area (Å²) in [4.78, 5) is 26.8. The largest absolute Gasteiger partial charge is 0.376 e. The molecule has 0 unspecified atom stereocenters. The fraction of sp³-hybridized carbons (Fsp3) is 0.529. The Kier molecular flexibility index (Phi) is 3.18. The van der Waals surface area contributed by atoms with Gasteiger partial charge >= 0.3 is 6.03 Å². The lowest BCUT2D eigenvalue weighted by Gasteiger charge is -2.33. The van der Waals surface area contributed by atoms with Crippen molar-refractivity contribution in [3.8, 4) is 0 Å². The van der Waals surface area contributed by atoms with Crippen LogP contribution < -0.4 is 5.32 Å². The number of nitrogens with zero attached hydrogens (tertiary/aromatic N) is 1. The minimum absolute atomic E-state index is 0.0105.